The van der Waals surface area contributed by atoms with E-state index in [1.165, 1.54) is 70.6 Å². The van der Waals surface area contributed by atoms with E-state index < -0.39 is 0 Å². The van der Waals surface area contributed by atoms with Crippen LogP contribution in [0.25, 0.3) is 0 Å². The number of nitrogens with zero attached hydrogens (tertiary/aromatic N) is 2. The zero-order chi connectivity index (χ0) is 19.5. The lowest BCUT2D eigenvalue weighted by Crippen LogP contribution is -3.00. The number of halogens is 1. The summed E-state index contributed by atoms with van der Waals surface area (Å²) in [5.41, 5.74) is 0. The average molecular weight is 413 g/mol. The number of hydrogen-bond acceptors (Lipinski definition) is 1. The van der Waals surface area contributed by atoms with Crippen molar-refractivity contribution in [3.8, 4) is 0 Å². The molecule has 0 aromatic carbocycles. The van der Waals surface area contributed by atoms with Crippen molar-refractivity contribution in [1.82, 2.24) is 4.57 Å². The van der Waals surface area contributed by atoms with Gasteiger partial charge in [-0.15, -0.1) is 0 Å². The van der Waals surface area contributed by atoms with Crippen molar-refractivity contribution in [3.05, 3.63) is 18.7 Å². The van der Waals surface area contributed by atoms with Crippen LogP contribution in [0.1, 0.15) is 98.3 Å². The molecule has 164 valence electrons. The fraction of sp³-hybridized carbons (Fsp3) is 0.875. The molecule has 0 aliphatic heterocycles. The second-order valence-electron chi connectivity index (χ2n) is 9.30. The monoisotopic (exact) mass is 412 g/mol. The molecule has 1 aliphatic rings. The Hall–Kier alpha value is -0.540. The van der Waals surface area contributed by atoms with Crippen LogP contribution in [0, 0.1) is 17.8 Å². The molecule has 0 N–H and O–H groups in total. The second kappa shape index (κ2) is 14.4. The Bertz CT molecular complexity index is 503. The van der Waals surface area contributed by atoms with Crippen LogP contribution in [0.4, 0.5) is 0 Å². The van der Waals surface area contributed by atoms with Gasteiger partial charge >= 0.3 is 0 Å². The minimum absolute atomic E-state index is 0. The van der Waals surface area contributed by atoms with Crippen molar-refractivity contribution < 1.29 is 21.7 Å². The largest absolute Gasteiger partial charge is 1.00 e. The summed E-state index contributed by atoms with van der Waals surface area (Å²) in [5, 5.41) is 0. The maximum absolute atomic E-state index is 6.37. The summed E-state index contributed by atoms with van der Waals surface area (Å²) in [6.45, 7) is 11.2. The van der Waals surface area contributed by atoms with Crippen LogP contribution in [0.5, 0.6) is 0 Å². The van der Waals surface area contributed by atoms with Crippen LogP contribution in [-0.2, 0) is 18.0 Å². The lowest BCUT2D eigenvalue weighted by Gasteiger charge is -2.36. The SMILES string of the molecule is CCCCCCCCCCn1cc[n+](CO[C@@H]2C[C@H](C)CC[C@H]2C(C)C)c1.[Cl-]. The molecule has 0 unspecified atom stereocenters. The van der Waals surface area contributed by atoms with E-state index in [-0.39, 0.29) is 12.4 Å². The van der Waals surface area contributed by atoms with Gasteiger partial charge in [-0.25, -0.2) is 9.13 Å². The van der Waals surface area contributed by atoms with E-state index in [0.717, 1.165) is 24.3 Å². The first-order valence-electron chi connectivity index (χ1n) is 11.8. The molecule has 1 fully saturated rings. The molecule has 1 aromatic heterocycles. The van der Waals surface area contributed by atoms with Crippen LogP contribution in [-0.4, -0.2) is 10.7 Å². The van der Waals surface area contributed by atoms with Crippen molar-refractivity contribution in [2.45, 2.75) is 118 Å². The van der Waals surface area contributed by atoms with Crippen LogP contribution in [0.15, 0.2) is 18.7 Å². The Labute approximate surface area is 180 Å². The van der Waals surface area contributed by atoms with Crippen molar-refractivity contribution in [3.63, 3.8) is 0 Å². The fourth-order valence-electron chi connectivity index (χ4n) is 4.56. The summed E-state index contributed by atoms with van der Waals surface area (Å²) in [6, 6.07) is 0. The number of ether oxygens (including phenoxy) is 1. The molecule has 28 heavy (non-hydrogen) atoms. The quantitative estimate of drug-likeness (QED) is 0.359. The van der Waals surface area contributed by atoms with Gasteiger partial charge in [0.05, 0.1) is 12.6 Å². The number of hydrogen-bond donors (Lipinski definition) is 0. The third-order valence-corrected chi connectivity index (χ3v) is 6.42. The molecular formula is C24H45ClN2O. The molecule has 3 nitrogen and oxygen atoms in total. The van der Waals surface area contributed by atoms with Crippen molar-refractivity contribution >= 4 is 0 Å². The Balaban J connectivity index is 0.00000392. The molecule has 0 bridgehead atoms. The van der Waals surface area contributed by atoms with Crippen LogP contribution < -0.4 is 17.0 Å². The first kappa shape index (κ1) is 25.5. The highest BCUT2D eigenvalue weighted by Gasteiger charge is 2.31. The van der Waals surface area contributed by atoms with Gasteiger partial charge in [0, 0.05) is 0 Å². The lowest BCUT2D eigenvalue weighted by atomic mass is 9.75. The molecule has 0 saturated heterocycles. The highest BCUT2D eigenvalue weighted by molar-refractivity contribution is 4.80. The summed E-state index contributed by atoms with van der Waals surface area (Å²) in [7, 11) is 0. The fourth-order valence-corrected chi connectivity index (χ4v) is 4.56. The van der Waals surface area contributed by atoms with E-state index in [0.29, 0.717) is 12.8 Å². The smallest absolute Gasteiger partial charge is 0.245 e. The lowest BCUT2D eigenvalue weighted by molar-refractivity contribution is -0.735. The summed E-state index contributed by atoms with van der Waals surface area (Å²) >= 11 is 0. The molecule has 0 amide bonds. The minimum Gasteiger partial charge on any atom is -1.00 e. The van der Waals surface area contributed by atoms with E-state index in [1.54, 1.807) is 0 Å². The zero-order valence-corrected chi connectivity index (χ0v) is 19.7. The average Bonchev–Trinajstić information content (AvgIpc) is 3.10. The van der Waals surface area contributed by atoms with Gasteiger partial charge in [-0.05, 0) is 43.4 Å². The van der Waals surface area contributed by atoms with Crippen molar-refractivity contribution in [2.75, 3.05) is 0 Å². The van der Waals surface area contributed by atoms with E-state index in [4.69, 9.17) is 4.74 Å². The molecule has 1 aliphatic carbocycles. The first-order chi connectivity index (χ1) is 13.1. The van der Waals surface area contributed by atoms with E-state index in [9.17, 15) is 0 Å². The predicted molar refractivity (Wildman–Crippen MR) is 113 cm³/mol. The molecule has 2 rings (SSSR count). The van der Waals surface area contributed by atoms with Gasteiger partial charge in [0.2, 0.25) is 6.33 Å². The standard InChI is InChI=1S/C24H45N2O.ClH/c1-5-6-7-8-9-10-11-12-15-25-16-17-26(19-25)20-27-24-18-22(4)13-14-23(24)21(2)3;/h16-17,19,21-24H,5-15,18,20H2,1-4H3;1H/q+1;/p-1/t22-,23+,24-;/m1./s1. The highest BCUT2D eigenvalue weighted by atomic mass is 35.5. The molecular weight excluding hydrogens is 368 g/mol. The zero-order valence-electron chi connectivity index (χ0n) is 18.9. The number of rotatable bonds is 13. The Kier molecular flexibility index (Phi) is 13.2. The summed E-state index contributed by atoms with van der Waals surface area (Å²) in [6.07, 6.45) is 22.0. The van der Waals surface area contributed by atoms with Gasteiger partial charge < -0.3 is 17.1 Å². The summed E-state index contributed by atoms with van der Waals surface area (Å²) in [5.74, 6) is 2.25. The third-order valence-electron chi connectivity index (χ3n) is 6.42. The minimum atomic E-state index is 0. The molecule has 1 aromatic rings. The number of aryl methyl sites for hydroxylation is 1. The van der Waals surface area contributed by atoms with Crippen LogP contribution in [0.3, 0.4) is 0 Å². The predicted octanol–water partition coefficient (Wildman–Crippen LogP) is 3.36. The normalized spacial score (nSPS) is 22.4. The van der Waals surface area contributed by atoms with Gasteiger partial charge in [0.15, 0.2) is 6.73 Å². The molecule has 1 saturated carbocycles. The Morgan fingerprint density at radius 3 is 2.39 bits per heavy atom. The number of unbranched alkanes of at least 4 members (excludes halogenated alkanes) is 7. The number of aromatic nitrogens is 2. The van der Waals surface area contributed by atoms with Crippen LogP contribution >= 0.6 is 0 Å². The number of imidazole rings is 1. The topological polar surface area (TPSA) is 18.0 Å². The molecule has 4 heteroatoms. The molecule has 0 spiro atoms. The van der Waals surface area contributed by atoms with E-state index in [1.807, 2.05) is 0 Å². The van der Waals surface area contributed by atoms with Gasteiger partial charge in [-0.3, -0.25) is 0 Å². The third kappa shape index (κ3) is 9.31. The van der Waals surface area contributed by atoms with Gasteiger partial charge in [0.25, 0.3) is 0 Å². The molecule has 0 radical (unpaired) electrons. The van der Waals surface area contributed by atoms with Gasteiger partial charge in [-0.1, -0.05) is 72.6 Å². The summed E-state index contributed by atoms with van der Waals surface area (Å²) in [4.78, 5) is 0. The second-order valence-corrected chi connectivity index (χ2v) is 9.30. The van der Waals surface area contributed by atoms with Gasteiger partial charge in [-0.2, -0.15) is 0 Å². The molecule has 1 heterocycles. The Morgan fingerprint density at radius 2 is 1.71 bits per heavy atom. The van der Waals surface area contributed by atoms with Crippen molar-refractivity contribution in [1.29, 1.82) is 0 Å². The maximum Gasteiger partial charge on any atom is 0.245 e. The van der Waals surface area contributed by atoms with E-state index >= 15 is 0 Å². The first-order valence-corrected chi connectivity index (χ1v) is 11.8. The highest BCUT2D eigenvalue weighted by Crippen LogP contribution is 2.35. The molecule has 3 atom stereocenters. The van der Waals surface area contributed by atoms with Crippen molar-refractivity contribution in [2.24, 2.45) is 17.8 Å². The summed E-state index contributed by atoms with van der Waals surface area (Å²) < 4.78 is 10.9. The van der Waals surface area contributed by atoms with Gasteiger partial charge in [0.1, 0.15) is 12.4 Å². The Morgan fingerprint density at radius 1 is 1.04 bits per heavy atom. The van der Waals surface area contributed by atoms with Crippen LogP contribution in [0.2, 0.25) is 0 Å². The van der Waals surface area contributed by atoms with E-state index in [2.05, 4.69) is 55.6 Å². The maximum atomic E-state index is 6.37.